The van der Waals surface area contributed by atoms with Gasteiger partial charge in [-0.05, 0) is 42.7 Å². The van der Waals surface area contributed by atoms with Crippen LogP contribution in [0.5, 0.6) is 0 Å². The van der Waals surface area contributed by atoms with Gasteiger partial charge in [0.15, 0.2) is 0 Å². The summed E-state index contributed by atoms with van der Waals surface area (Å²) in [6, 6.07) is 14.6. The molecule has 2 aromatic rings. The maximum Gasteiger partial charge on any atom is 0.337 e. The number of esters is 1. The van der Waals surface area contributed by atoms with Gasteiger partial charge in [0.25, 0.3) is 5.91 Å². The van der Waals surface area contributed by atoms with Crippen molar-refractivity contribution < 1.29 is 19.1 Å². The second kappa shape index (κ2) is 8.49. The van der Waals surface area contributed by atoms with Crippen molar-refractivity contribution in [2.45, 2.75) is 18.9 Å². The highest BCUT2D eigenvalue weighted by molar-refractivity contribution is 5.99. The summed E-state index contributed by atoms with van der Waals surface area (Å²) in [7, 11) is 1.30. The Balaban J connectivity index is 1.80. The molecule has 2 amide bonds. The summed E-state index contributed by atoms with van der Waals surface area (Å²) in [5.74, 6) is -0.931. The molecule has 0 radical (unpaired) electrons. The SMILES string of the molecule is COC(=O)c1ccc(C(=O)N[C@H](C(=O)N2CCCC2)c2ccccc2)cc1. The summed E-state index contributed by atoms with van der Waals surface area (Å²) in [5, 5.41) is 2.84. The van der Waals surface area contributed by atoms with Gasteiger partial charge in [0.05, 0.1) is 12.7 Å². The highest BCUT2D eigenvalue weighted by atomic mass is 16.5. The maximum absolute atomic E-state index is 12.9. The van der Waals surface area contributed by atoms with Crippen LogP contribution in [0.15, 0.2) is 54.6 Å². The molecule has 0 unspecified atom stereocenters. The molecule has 0 saturated carbocycles. The number of hydrogen-bond acceptors (Lipinski definition) is 4. The Bertz CT molecular complexity index is 812. The van der Waals surface area contributed by atoms with E-state index in [1.165, 1.54) is 19.2 Å². The van der Waals surface area contributed by atoms with Crippen molar-refractivity contribution in [3.8, 4) is 0 Å². The first-order chi connectivity index (χ1) is 13.1. The molecule has 1 saturated heterocycles. The van der Waals surface area contributed by atoms with E-state index in [2.05, 4.69) is 10.1 Å². The Morgan fingerprint density at radius 2 is 1.52 bits per heavy atom. The van der Waals surface area contributed by atoms with Gasteiger partial charge in [0.2, 0.25) is 5.91 Å². The fourth-order valence-corrected chi connectivity index (χ4v) is 3.14. The minimum atomic E-state index is -0.739. The fourth-order valence-electron chi connectivity index (χ4n) is 3.14. The third-order valence-electron chi connectivity index (χ3n) is 4.64. The van der Waals surface area contributed by atoms with Crippen LogP contribution in [0.1, 0.15) is 45.2 Å². The topological polar surface area (TPSA) is 75.7 Å². The highest BCUT2D eigenvalue weighted by Crippen LogP contribution is 2.20. The first kappa shape index (κ1) is 18.6. The molecule has 6 heteroatoms. The van der Waals surface area contributed by atoms with Crippen molar-refractivity contribution in [3.05, 3.63) is 71.3 Å². The summed E-state index contributed by atoms with van der Waals surface area (Å²) in [5.41, 5.74) is 1.48. The van der Waals surface area contributed by atoms with Crippen LogP contribution in [0.3, 0.4) is 0 Å². The Kier molecular flexibility index (Phi) is 5.86. The van der Waals surface area contributed by atoms with Gasteiger partial charge in [-0.2, -0.15) is 0 Å². The number of hydrogen-bond donors (Lipinski definition) is 1. The third-order valence-corrected chi connectivity index (χ3v) is 4.64. The van der Waals surface area contributed by atoms with Crippen LogP contribution in [-0.2, 0) is 9.53 Å². The second-order valence-electron chi connectivity index (χ2n) is 6.42. The number of likely N-dealkylation sites (tertiary alicyclic amines) is 1. The van der Waals surface area contributed by atoms with E-state index in [9.17, 15) is 14.4 Å². The number of benzene rings is 2. The van der Waals surface area contributed by atoms with Gasteiger partial charge in [0.1, 0.15) is 6.04 Å². The molecule has 1 heterocycles. The number of ether oxygens (including phenoxy) is 1. The molecule has 1 aliphatic rings. The van der Waals surface area contributed by atoms with Crippen molar-refractivity contribution in [2.75, 3.05) is 20.2 Å². The van der Waals surface area contributed by atoms with Crippen LogP contribution in [0.25, 0.3) is 0 Å². The minimum absolute atomic E-state index is 0.0989. The zero-order valence-corrected chi connectivity index (χ0v) is 15.2. The monoisotopic (exact) mass is 366 g/mol. The zero-order valence-electron chi connectivity index (χ0n) is 15.2. The number of carbonyl (C=O) groups excluding carboxylic acids is 3. The average Bonchev–Trinajstić information content (AvgIpc) is 3.26. The lowest BCUT2D eigenvalue weighted by atomic mass is 10.0. The molecule has 3 rings (SSSR count). The molecule has 1 atom stereocenters. The van der Waals surface area contributed by atoms with Crippen LogP contribution in [-0.4, -0.2) is 42.9 Å². The van der Waals surface area contributed by atoms with Crippen molar-refractivity contribution in [1.29, 1.82) is 0 Å². The van der Waals surface area contributed by atoms with Crippen molar-refractivity contribution in [2.24, 2.45) is 0 Å². The lowest BCUT2D eigenvalue weighted by Crippen LogP contribution is -2.41. The minimum Gasteiger partial charge on any atom is -0.465 e. The zero-order chi connectivity index (χ0) is 19.2. The summed E-state index contributed by atoms with van der Waals surface area (Å²) >= 11 is 0. The molecule has 0 aromatic heterocycles. The Morgan fingerprint density at radius 1 is 0.926 bits per heavy atom. The van der Waals surface area contributed by atoms with E-state index in [0.717, 1.165) is 18.4 Å². The van der Waals surface area contributed by atoms with E-state index in [1.54, 1.807) is 17.0 Å². The van der Waals surface area contributed by atoms with Crippen molar-refractivity contribution >= 4 is 17.8 Å². The van der Waals surface area contributed by atoms with E-state index in [4.69, 9.17) is 0 Å². The van der Waals surface area contributed by atoms with Gasteiger partial charge in [-0.15, -0.1) is 0 Å². The molecule has 2 aromatic carbocycles. The number of rotatable bonds is 5. The lowest BCUT2D eigenvalue weighted by molar-refractivity contribution is -0.132. The van der Waals surface area contributed by atoms with Crippen LogP contribution in [0.2, 0.25) is 0 Å². The summed E-state index contributed by atoms with van der Waals surface area (Å²) in [6.45, 7) is 1.43. The largest absolute Gasteiger partial charge is 0.465 e. The maximum atomic E-state index is 12.9. The quantitative estimate of drug-likeness (QED) is 0.825. The Labute approximate surface area is 158 Å². The Morgan fingerprint density at radius 3 is 2.11 bits per heavy atom. The average molecular weight is 366 g/mol. The van der Waals surface area contributed by atoms with E-state index in [1.807, 2.05) is 30.3 Å². The van der Waals surface area contributed by atoms with Crippen LogP contribution in [0, 0.1) is 0 Å². The van der Waals surface area contributed by atoms with Crippen LogP contribution >= 0.6 is 0 Å². The predicted octanol–water partition coefficient (Wildman–Crippen LogP) is 2.57. The van der Waals surface area contributed by atoms with E-state index in [0.29, 0.717) is 24.2 Å². The summed E-state index contributed by atoms with van der Waals surface area (Å²) in [6.07, 6.45) is 1.96. The molecule has 1 aliphatic heterocycles. The molecule has 1 N–H and O–H groups in total. The molecule has 140 valence electrons. The molecular weight excluding hydrogens is 344 g/mol. The predicted molar refractivity (Wildman–Crippen MR) is 100 cm³/mol. The first-order valence-electron chi connectivity index (χ1n) is 8.93. The fraction of sp³-hybridized carbons (Fsp3) is 0.286. The third kappa shape index (κ3) is 4.34. The van der Waals surface area contributed by atoms with Crippen molar-refractivity contribution in [3.63, 3.8) is 0 Å². The highest BCUT2D eigenvalue weighted by Gasteiger charge is 2.29. The normalized spacial score (nSPS) is 14.5. The number of carbonyl (C=O) groups is 3. The molecular formula is C21H22N2O4. The van der Waals surface area contributed by atoms with Crippen LogP contribution < -0.4 is 5.32 Å². The number of amides is 2. The lowest BCUT2D eigenvalue weighted by Gasteiger charge is -2.24. The molecule has 0 bridgehead atoms. The smallest absolute Gasteiger partial charge is 0.337 e. The van der Waals surface area contributed by atoms with E-state index in [-0.39, 0.29) is 11.8 Å². The molecule has 1 fully saturated rings. The van der Waals surface area contributed by atoms with Gasteiger partial charge in [0, 0.05) is 18.7 Å². The van der Waals surface area contributed by atoms with E-state index >= 15 is 0 Å². The van der Waals surface area contributed by atoms with Gasteiger partial charge < -0.3 is 15.0 Å². The van der Waals surface area contributed by atoms with Gasteiger partial charge in [-0.1, -0.05) is 30.3 Å². The number of nitrogens with zero attached hydrogens (tertiary/aromatic N) is 1. The molecule has 27 heavy (non-hydrogen) atoms. The Hall–Kier alpha value is -3.15. The summed E-state index contributed by atoms with van der Waals surface area (Å²) < 4.78 is 4.66. The molecule has 0 spiro atoms. The first-order valence-corrected chi connectivity index (χ1v) is 8.93. The van der Waals surface area contributed by atoms with E-state index < -0.39 is 12.0 Å². The van der Waals surface area contributed by atoms with Gasteiger partial charge in [-0.3, -0.25) is 9.59 Å². The summed E-state index contributed by atoms with van der Waals surface area (Å²) in [4.78, 5) is 39.0. The number of methoxy groups -OCH3 is 1. The van der Waals surface area contributed by atoms with Gasteiger partial charge in [-0.25, -0.2) is 4.79 Å². The number of nitrogens with one attached hydrogen (secondary N) is 1. The molecule has 0 aliphatic carbocycles. The standard InChI is InChI=1S/C21H22N2O4/c1-27-21(26)17-11-9-16(10-12-17)19(24)22-18(15-7-3-2-4-8-15)20(25)23-13-5-6-14-23/h2-4,7-12,18H,5-6,13-14H2,1H3,(H,22,24)/t18-/m0/s1. The van der Waals surface area contributed by atoms with Gasteiger partial charge >= 0.3 is 5.97 Å². The van der Waals surface area contributed by atoms with Crippen LogP contribution in [0.4, 0.5) is 0 Å². The molecule has 6 nitrogen and oxygen atoms in total. The van der Waals surface area contributed by atoms with Crippen molar-refractivity contribution in [1.82, 2.24) is 10.2 Å². The second-order valence-corrected chi connectivity index (χ2v) is 6.42.